The molecule has 5 atom stereocenters. The van der Waals surface area contributed by atoms with Gasteiger partial charge in [0.1, 0.15) is 19.9 Å². The second-order valence-corrected chi connectivity index (χ2v) is 12.9. The largest absolute Gasteiger partial charge is 0.488 e. The molecule has 28 heavy (non-hydrogen) atoms. The van der Waals surface area contributed by atoms with Crippen molar-refractivity contribution in [2.75, 3.05) is 25.0 Å². The van der Waals surface area contributed by atoms with Crippen LogP contribution in [0.4, 0.5) is 0 Å². The van der Waals surface area contributed by atoms with E-state index in [1.54, 1.807) is 0 Å². The van der Waals surface area contributed by atoms with Crippen molar-refractivity contribution in [1.29, 1.82) is 0 Å². The van der Waals surface area contributed by atoms with Crippen molar-refractivity contribution in [3.05, 3.63) is 0 Å². The molecule has 1 heterocycles. The molecule has 11 nitrogen and oxygen atoms in total. The summed E-state index contributed by atoms with van der Waals surface area (Å²) >= 11 is 0. The van der Waals surface area contributed by atoms with Gasteiger partial charge in [-0.25, -0.2) is 13.4 Å². The third-order valence-electron chi connectivity index (χ3n) is 2.91. The summed E-state index contributed by atoms with van der Waals surface area (Å²) in [4.78, 5) is 26.3. The SMILES string of the molecule is [B][C@H]1CC(OCSSCCC#C)[C@@H](COP(C)(=O)OP(=O)(O)OP(=O)(O)O)O1. The first-order chi connectivity index (χ1) is 12.8. The third kappa shape index (κ3) is 11.8. The molecule has 1 aliphatic heterocycles. The summed E-state index contributed by atoms with van der Waals surface area (Å²) in [6, 6.07) is -0.642. The molecular formula is C11H20BO11P3S2. The van der Waals surface area contributed by atoms with Gasteiger partial charge in [0.15, 0.2) is 0 Å². The molecular weight excluding hydrogens is 476 g/mol. The van der Waals surface area contributed by atoms with Crippen molar-refractivity contribution in [2.24, 2.45) is 0 Å². The van der Waals surface area contributed by atoms with Crippen molar-refractivity contribution in [3.8, 4) is 12.3 Å². The van der Waals surface area contributed by atoms with E-state index in [1.165, 1.54) is 21.6 Å². The fraction of sp³-hybridized carbons (Fsp3) is 0.818. The molecule has 2 radical (unpaired) electrons. The van der Waals surface area contributed by atoms with Gasteiger partial charge in [-0.1, -0.05) is 21.6 Å². The predicted octanol–water partition coefficient (Wildman–Crippen LogP) is 2.08. The van der Waals surface area contributed by atoms with Gasteiger partial charge >= 0.3 is 23.2 Å². The molecule has 0 aromatic heterocycles. The minimum absolute atomic E-state index is 0.314. The molecule has 1 saturated heterocycles. The van der Waals surface area contributed by atoms with Crippen LogP contribution in [-0.4, -0.2) is 65.7 Å². The van der Waals surface area contributed by atoms with Gasteiger partial charge in [0.25, 0.3) is 0 Å². The van der Waals surface area contributed by atoms with Crippen LogP contribution in [-0.2, 0) is 36.3 Å². The van der Waals surface area contributed by atoms with Crippen LogP contribution >= 0.6 is 44.8 Å². The van der Waals surface area contributed by atoms with E-state index in [-0.39, 0.29) is 6.61 Å². The Morgan fingerprint density at radius 1 is 1.25 bits per heavy atom. The van der Waals surface area contributed by atoms with Crippen molar-refractivity contribution in [2.45, 2.75) is 31.1 Å². The highest BCUT2D eigenvalue weighted by Gasteiger charge is 2.40. The van der Waals surface area contributed by atoms with Gasteiger partial charge in [0.05, 0.1) is 12.7 Å². The molecule has 160 valence electrons. The standard InChI is InChI=1S/C11H20BO11P3S2/c1-3-4-5-27-28-8-19-9-6-11(12)21-10(9)7-20-24(2,13)22-26(17,18)23-25(14,15)16/h1,9-11H,4-8H2,2H3,(H,17,18)(H2,14,15,16)/t9?,10-,11-,24?/m1/s1. The van der Waals surface area contributed by atoms with Crippen LogP contribution in [0.15, 0.2) is 0 Å². The van der Waals surface area contributed by atoms with Gasteiger partial charge in [-0.05, 0) is 6.42 Å². The number of rotatable bonds is 13. The number of terminal acetylenes is 1. The predicted molar refractivity (Wildman–Crippen MR) is 106 cm³/mol. The summed E-state index contributed by atoms with van der Waals surface area (Å²) in [6.07, 6.45) is 4.92. The highest BCUT2D eigenvalue weighted by Crippen LogP contribution is 2.66. The van der Waals surface area contributed by atoms with Gasteiger partial charge in [0.2, 0.25) is 0 Å². The average Bonchev–Trinajstić information content (AvgIpc) is 2.85. The van der Waals surface area contributed by atoms with Crippen molar-refractivity contribution >= 4 is 52.7 Å². The Morgan fingerprint density at radius 2 is 1.93 bits per heavy atom. The minimum atomic E-state index is -5.35. The van der Waals surface area contributed by atoms with Crippen LogP contribution in [0.25, 0.3) is 0 Å². The quantitative estimate of drug-likeness (QED) is 0.0851. The van der Waals surface area contributed by atoms with E-state index in [1.807, 2.05) is 0 Å². The molecule has 0 aromatic carbocycles. The average molecular weight is 496 g/mol. The fourth-order valence-corrected chi connectivity index (χ4v) is 7.11. The maximum atomic E-state index is 12.2. The van der Waals surface area contributed by atoms with Gasteiger partial charge in [-0.15, -0.1) is 12.3 Å². The summed E-state index contributed by atoms with van der Waals surface area (Å²) in [6.45, 7) is 0.471. The monoisotopic (exact) mass is 496 g/mol. The lowest BCUT2D eigenvalue weighted by Gasteiger charge is -2.22. The topological polar surface area (TPSA) is 158 Å². The van der Waals surface area contributed by atoms with Gasteiger partial charge in [-0.2, -0.15) is 4.31 Å². The Labute approximate surface area is 172 Å². The molecule has 0 saturated carbocycles. The Kier molecular flexibility index (Phi) is 11.4. The molecule has 0 bridgehead atoms. The maximum absolute atomic E-state index is 12.2. The summed E-state index contributed by atoms with van der Waals surface area (Å²) in [5.41, 5.74) is 0. The number of hydrogen-bond donors (Lipinski definition) is 3. The van der Waals surface area contributed by atoms with E-state index < -0.39 is 41.5 Å². The lowest BCUT2D eigenvalue weighted by Crippen LogP contribution is -2.28. The minimum Gasteiger partial charge on any atom is -0.380 e. The molecule has 1 fully saturated rings. The highest BCUT2D eigenvalue weighted by atomic mass is 33.1. The summed E-state index contributed by atoms with van der Waals surface area (Å²) in [5, 5.41) is 0. The number of phosphoric acid groups is 2. The molecule has 0 aliphatic carbocycles. The molecule has 1 rings (SSSR count). The fourth-order valence-electron chi connectivity index (χ4n) is 1.95. The highest BCUT2D eigenvalue weighted by molar-refractivity contribution is 8.76. The van der Waals surface area contributed by atoms with E-state index in [4.69, 9.17) is 38.1 Å². The first-order valence-electron chi connectivity index (χ1n) is 7.57. The van der Waals surface area contributed by atoms with Gasteiger partial charge in [0, 0.05) is 24.8 Å². The summed E-state index contributed by atoms with van der Waals surface area (Å²) in [5.74, 6) is 3.60. The van der Waals surface area contributed by atoms with Crippen LogP contribution < -0.4 is 0 Å². The van der Waals surface area contributed by atoms with Crippen molar-refractivity contribution in [1.82, 2.24) is 0 Å². The second kappa shape index (κ2) is 11.9. The van der Waals surface area contributed by atoms with E-state index in [9.17, 15) is 18.6 Å². The first-order valence-corrected chi connectivity index (χ1v) is 15.1. The van der Waals surface area contributed by atoms with Gasteiger partial charge < -0.3 is 28.7 Å². The third-order valence-corrected chi connectivity index (χ3v) is 9.27. The Balaban J connectivity index is 2.49. The number of ether oxygens (including phenoxy) is 2. The Morgan fingerprint density at radius 3 is 2.54 bits per heavy atom. The Hall–Kier alpha value is 0.695. The summed E-state index contributed by atoms with van der Waals surface area (Å²) in [7, 11) is -6.21. The zero-order valence-electron chi connectivity index (χ0n) is 14.7. The van der Waals surface area contributed by atoms with Crippen molar-refractivity contribution in [3.63, 3.8) is 0 Å². The molecule has 3 unspecified atom stereocenters. The van der Waals surface area contributed by atoms with E-state index in [0.717, 1.165) is 12.4 Å². The molecule has 0 aromatic rings. The van der Waals surface area contributed by atoms with Crippen molar-refractivity contribution < 1.29 is 51.0 Å². The molecule has 17 heteroatoms. The van der Waals surface area contributed by atoms with Crippen LogP contribution in [0.1, 0.15) is 12.8 Å². The smallest absolute Gasteiger partial charge is 0.380 e. The molecule has 3 N–H and O–H groups in total. The molecule has 1 aliphatic rings. The maximum Gasteiger partial charge on any atom is 0.488 e. The summed E-state index contributed by atoms with van der Waals surface area (Å²) < 4.78 is 58.1. The van der Waals surface area contributed by atoms with E-state index in [2.05, 4.69) is 14.5 Å². The van der Waals surface area contributed by atoms with Crippen LogP contribution in [0.2, 0.25) is 0 Å². The first kappa shape index (κ1) is 26.7. The molecule has 0 amide bonds. The van der Waals surface area contributed by atoms with Crippen LogP contribution in [0.3, 0.4) is 0 Å². The van der Waals surface area contributed by atoms with Gasteiger partial charge in [-0.3, -0.25) is 4.57 Å². The van der Waals surface area contributed by atoms with E-state index in [0.29, 0.717) is 18.8 Å². The second-order valence-electron chi connectivity index (χ2n) is 5.36. The zero-order chi connectivity index (χ0) is 21.4. The zero-order valence-corrected chi connectivity index (χ0v) is 19.0. The van der Waals surface area contributed by atoms with Crippen LogP contribution in [0, 0.1) is 12.3 Å². The lowest BCUT2D eigenvalue weighted by molar-refractivity contribution is -0.0201. The van der Waals surface area contributed by atoms with E-state index >= 15 is 0 Å². The van der Waals surface area contributed by atoms with Crippen LogP contribution in [0.5, 0.6) is 0 Å². The number of hydrogen-bond acceptors (Lipinski definition) is 10. The molecule has 0 spiro atoms. The normalized spacial score (nSPS) is 27.0. The lowest BCUT2D eigenvalue weighted by atomic mass is 9.96. The Bertz CT molecular complexity index is 683.